The van der Waals surface area contributed by atoms with Crippen molar-refractivity contribution in [3.8, 4) is 0 Å². The van der Waals surface area contributed by atoms with Gasteiger partial charge in [0.2, 0.25) is 0 Å². The molecular formula is C27H28N2O4. The number of rotatable bonds is 5. The van der Waals surface area contributed by atoms with Gasteiger partial charge < -0.3 is 14.5 Å². The molecule has 6 nitrogen and oxygen atoms in total. The lowest BCUT2D eigenvalue weighted by Gasteiger charge is -2.29. The van der Waals surface area contributed by atoms with Crippen LogP contribution in [-0.2, 0) is 16.0 Å². The zero-order valence-electron chi connectivity index (χ0n) is 18.8. The van der Waals surface area contributed by atoms with Crippen LogP contribution in [0.25, 0.3) is 22.6 Å². The molecule has 3 aromatic rings. The Labute approximate surface area is 193 Å². The molecule has 2 aliphatic carbocycles. The van der Waals surface area contributed by atoms with E-state index in [1.54, 1.807) is 6.26 Å². The van der Waals surface area contributed by atoms with E-state index in [2.05, 4.69) is 12.2 Å². The standard InChI is InChI=1S/C27H28N2O4/c1-17-7-2-4-10-22(17)28-24(30)16-33-27(31)25-20-9-3-5-11-23(20)29-26-18(12-13-21(25)26)15-19-8-6-14-32-19/h3,5-6,8-9,11,14-15,17,22H,2,4,7,10,12-13,16H2,1H3,(H,28,30)/b18-15+/t17-,22+/m0/s1. The molecule has 2 atom stereocenters. The molecule has 0 radical (unpaired) electrons. The number of benzene rings is 1. The fourth-order valence-corrected chi connectivity index (χ4v) is 5.04. The molecule has 1 N–H and O–H groups in total. The fraction of sp³-hybridized carbons (Fsp3) is 0.370. The Balaban J connectivity index is 1.39. The van der Waals surface area contributed by atoms with Crippen LogP contribution >= 0.6 is 0 Å². The molecule has 2 aromatic heterocycles. The van der Waals surface area contributed by atoms with Gasteiger partial charge in [0.1, 0.15) is 5.76 Å². The van der Waals surface area contributed by atoms with E-state index in [9.17, 15) is 9.59 Å². The maximum Gasteiger partial charge on any atom is 0.339 e. The number of hydrogen-bond donors (Lipinski definition) is 1. The first-order valence-electron chi connectivity index (χ1n) is 11.7. The number of pyridine rings is 1. The number of aromatic nitrogens is 1. The average Bonchev–Trinajstić information content (AvgIpc) is 3.48. The lowest BCUT2D eigenvalue weighted by Crippen LogP contribution is -2.42. The summed E-state index contributed by atoms with van der Waals surface area (Å²) < 4.78 is 11.0. The van der Waals surface area contributed by atoms with Crippen LogP contribution in [0.1, 0.15) is 66.4 Å². The largest absolute Gasteiger partial charge is 0.465 e. The summed E-state index contributed by atoms with van der Waals surface area (Å²) >= 11 is 0. The number of nitrogens with zero attached hydrogens (tertiary/aromatic N) is 1. The minimum atomic E-state index is -0.476. The summed E-state index contributed by atoms with van der Waals surface area (Å²) in [6.07, 6.45) is 9.49. The van der Waals surface area contributed by atoms with Gasteiger partial charge in [-0.25, -0.2) is 9.78 Å². The van der Waals surface area contributed by atoms with E-state index in [0.717, 1.165) is 59.2 Å². The second kappa shape index (κ2) is 9.22. The Morgan fingerprint density at radius 1 is 1.15 bits per heavy atom. The summed E-state index contributed by atoms with van der Waals surface area (Å²) in [6, 6.07) is 11.5. The maximum atomic E-state index is 13.2. The Bertz CT molecular complexity index is 1210. The number of carbonyl (C=O) groups is 2. The molecule has 6 heteroatoms. The zero-order valence-corrected chi connectivity index (χ0v) is 18.8. The molecule has 0 aliphatic heterocycles. The van der Waals surface area contributed by atoms with Crippen molar-refractivity contribution in [3.05, 3.63) is 65.2 Å². The van der Waals surface area contributed by atoms with Gasteiger partial charge in [0, 0.05) is 11.4 Å². The van der Waals surface area contributed by atoms with E-state index in [4.69, 9.17) is 14.1 Å². The van der Waals surface area contributed by atoms with Crippen LogP contribution in [0.15, 0.2) is 47.1 Å². The summed E-state index contributed by atoms with van der Waals surface area (Å²) in [6.45, 7) is 1.89. The SMILES string of the molecule is C[C@H]1CCCC[C@H]1NC(=O)COC(=O)c1c2c(nc3ccccc13)/C(=C/c1ccco1)CC2. The van der Waals surface area contributed by atoms with Crippen molar-refractivity contribution in [2.45, 2.75) is 51.5 Å². The van der Waals surface area contributed by atoms with Crippen LogP contribution in [0.5, 0.6) is 0 Å². The quantitative estimate of drug-likeness (QED) is 0.549. The molecule has 0 unspecified atom stereocenters. The summed E-state index contributed by atoms with van der Waals surface area (Å²) in [7, 11) is 0. The van der Waals surface area contributed by atoms with E-state index >= 15 is 0 Å². The van der Waals surface area contributed by atoms with Gasteiger partial charge in [-0.1, -0.05) is 38.0 Å². The van der Waals surface area contributed by atoms with Crippen molar-refractivity contribution in [1.82, 2.24) is 10.3 Å². The highest BCUT2D eigenvalue weighted by molar-refractivity contribution is 6.07. The number of ether oxygens (including phenoxy) is 1. The first kappa shape index (κ1) is 21.4. The van der Waals surface area contributed by atoms with Gasteiger partial charge in [-0.3, -0.25) is 4.79 Å². The highest BCUT2D eigenvalue weighted by atomic mass is 16.5. The van der Waals surface area contributed by atoms with Gasteiger partial charge in [-0.05, 0) is 67.0 Å². The lowest BCUT2D eigenvalue weighted by molar-refractivity contribution is -0.125. The van der Waals surface area contributed by atoms with Gasteiger partial charge in [-0.2, -0.15) is 0 Å². The molecule has 1 amide bonds. The molecule has 1 saturated carbocycles. The number of esters is 1. The van der Waals surface area contributed by atoms with E-state index in [1.165, 1.54) is 6.42 Å². The molecule has 33 heavy (non-hydrogen) atoms. The number of fused-ring (bicyclic) bond motifs is 2. The summed E-state index contributed by atoms with van der Waals surface area (Å²) in [5.74, 6) is 0.488. The third-order valence-corrected chi connectivity index (χ3v) is 6.80. The van der Waals surface area contributed by atoms with Crippen molar-refractivity contribution in [3.63, 3.8) is 0 Å². The van der Waals surface area contributed by atoms with Gasteiger partial charge in [0.05, 0.1) is 23.0 Å². The second-order valence-corrected chi connectivity index (χ2v) is 9.03. The first-order valence-corrected chi connectivity index (χ1v) is 11.7. The third-order valence-electron chi connectivity index (χ3n) is 6.80. The van der Waals surface area contributed by atoms with Crippen molar-refractivity contribution >= 4 is 34.4 Å². The second-order valence-electron chi connectivity index (χ2n) is 9.03. The molecule has 0 spiro atoms. The van der Waals surface area contributed by atoms with Crippen LogP contribution in [0, 0.1) is 5.92 Å². The maximum absolute atomic E-state index is 13.2. The number of furan rings is 1. The van der Waals surface area contributed by atoms with Crippen LogP contribution in [0.3, 0.4) is 0 Å². The third kappa shape index (κ3) is 4.42. The van der Waals surface area contributed by atoms with Crippen LogP contribution in [0.4, 0.5) is 0 Å². The predicted octanol–water partition coefficient (Wildman–Crippen LogP) is 5.17. The lowest BCUT2D eigenvalue weighted by atomic mass is 9.86. The minimum Gasteiger partial charge on any atom is -0.465 e. The van der Waals surface area contributed by atoms with E-state index < -0.39 is 5.97 Å². The minimum absolute atomic E-state index is 0.158. The molecular weight excluding hydrogens is 416 g/mol. The molecule has 2 aliphatic rings. The highest BCUT2D eigenvalue weighted by Crippen LogP contribution is 2.37. The first-order chi connectivity index (χ1) is 16.1. The highest BCUT2D eigenvalue weighted by Gasteiger charge is 2.29. The smallest absolute Gasteiger partial charge is 0.339 e. The van der Waals surface area contributed by atoms with Crippen LogP contribution < -0.4 is 5.32 Å². The molecule has 2 heterocycles. The monoisotopic (exact) mass is 444 g/mol. The molecule has 0 saturated heterocycles. The van der Waals surface area contributed by atoms with Crippen LogP contribution in [0.2, 0.25) is 0 Å². The van der Waals surface area contributed by atoms with Crippen molar-refractivity contribution in [1.29, 1.82) is 0 Å². The zero-order chi connectivity index (χ0) is 22.8. The molecule has 0 bridgehead atoms. The van der Waals surface area contributed by atoms with Crippen molar-refractivity contribution in [2.75, 3.05) is 6.61 Å². The number of para-hydroxylation sites is 1. The van der Waals surface area contributed by atoms with E-state index in [1.807, 2.05) is 42.5 Å². The molecule has 5 rings (SSSR count). The molecule has 1 aromatic carbocycles. The van der Waals surface area contributed by atoms with Gasteiger partial charge in [0.15, 0.2) is 6.61 Å². The Morgan fingerprint density at radius 3 is 2.82 bits per heavy atom. The number of amides is 1. The summed E-state index contributed by atoms with van der Waals surface area (Å²) in [4.78, 5) is 30.6. The predicted molar refractivity (Wildman–Crippen MR) is 126 cm³/mol. The van der Waals surface area contributed by atoms with Crippen molar-refractivity contribution in [2.24, 2.45) is 5.92 Å². The van der Waals surface area contributed by atoms with E-state index in [0.29, 0.717) is 17.9 Å². The van der Waals surface area contributed by atoms with Crippen molar-refractivity contribution < 1.29 is 18.7 Å². The molecule has 1 fully saturated rings. The number of allylic oxidation sites excluding steroid dienone is 1. The number of nitrogens with one attached hydrogen (secondary N) is 1. The summed E-state index contributed by atoms with van der Waals surface area (Å²) in [5, 5.41) is 3.80. The average molecular weight is 445 g/mol. The molecule has 170 valence electrons. The van der Waals surface area contributed by atoms with Gasteiger partial charge in [0.25, 0.3) is 5.91 Å². The topological polar surface area (TPSA) is 81.4 Å². The summed E-state index contributed by atoms with van der Waals surface area (Å²) in [5.41, 5.74) is 3.95. The Hall–Kier alpha value is -3.41. The van der Waals surface area contributed by atoms with Crippen LogP contribution in [-0.4, -0.2) is 29.5 Å². The normalized spacial score (nSPS) is 21.2. The number of carbonyl (C=O) groups excluding carboxylic acids is 2. The number of hydrogen-bond acceptors (Lipinski definition) is 5. The van der Waals surface area contributed by atoms with Gasteiger partial charge in [-0.15, -0.1) is 0 Å². The Kier molecular flexibility index (Phi) is 5.99. The van der Waals surface area contributed by atoms with E-state index in [-0.39, 0.29) is 18.6 Å². The Morgan fingerprint density at radius 2 is 2.00 bits per heavy atom. The fourth-order valence-electron chi connectivity index (χ4n) is 5.04. The van der Waals surface area contributed by atoms with Gasteiger partial charge >= 0.3 is 5.97 Å².